The van der Waals surface area contributed by atoms with Crippen LogP contribution in [0.1, 0.15) is 37.7 Å². The summed E-state index contributed by atoms with van der Waals surface area (Å²) in [6, 6.07) is 6.26. The van der Waals surface area contributed by atoms with Crippen molar-refractivity contribution < 1.29 is 14.2 Å². The quantitative estimate of drug-likeness (QED) is 0.586. The fourth-order valence-corrected chi connectivity index (χ4v) is 4.05. The lowest BCUT2D eigenvalue weighted by atomic mass is 10.1. The van der Waals surface area contributed by atoms with E-state index in [0.717, 1.165) is 76.8 Å². The molecule has 0 N–H and O–H groups in total. The lowest BCUT2D eigenvalue weighted by Gasteiger charge is -2.27. The van der Waals surface area contributed by atoms with Crippen molar-refractivity contribution in [2.24, 2.45) is 0 Å². The zero-order valence-corrected chi connectivity index (χ0v) is 17.0. The van der Waals surface area contributed by atoms with Gasteiger partial charge in [-0.1, -0.05) is 18.6 Å². The summed E-state index contributed by atoms with van der Waals surface area (Å²) in [6.45, 7) is 9.36. The van der Waals surface area contributed by atoms with Crippen LogP contribution < -0.4 is 9.47 Å². The van der Waals surface area contributed by atoms with Crippen molar-refractivity contribution in [3.8, 4) is 11.5 Å². The van der Waals surface area contributed by atoms with Crippen molar-refractivity contribution >= 4 is 0 Å². The molecule has 0 atom stereocenters. The molecule has 0 bridgehead atoms. The van der Waals surface area contributed by atoms with Gasteiger partial charge in [-0.15, -0.1) is 0 Å². The van der Waals surface area contributed by atoms with Crippen molar-refractivity contribution in [1.82, 2.24) is 9.80 Å². The van der Waals surface area contributed by atoms with E-state index in [1.807, 2.05) is 6.07 Å². The molecule has 0 aromatic heterocycles. The number of para-hydroxylation sites is 1. The number of ether oxygens (including phenoxy) is 3. The Balaban J connectivity index is 1.46. The van der Waals surface area contributed by atoms with E-state index >= 15 is 0 Å². The fraction of sp³-hybridized carbons (Fsp3) is 0.727. The zero-order chi connectivity index (χ0) is 18.7. The largest absolute Gasteiger partial charge is 0.493 e. The lowest BCUT2D eigenvalue weighted by Crippen LogP contribution is -2.36. The Hall–Kier alpha value is -1.30. The molecule has 1 aromatic rings. The fourth-order valence-electron chi connectivity index (χ4n) is 4.05. The molecule has 5 nitrogen and oxygen atoms in total. The highest BCUT2D eigenvalue weighted by molar-refractivity contribution is 5.46. The molecule has 0 saturated carbocycles. The van der Waals surface area contributed by atoms with Gasteiger partial charge in [-0.3, -0.25) is 4.90 Å². The van der Waals surface area contributed by atoms with Crippen LogP contribution in [0.4, 0.5) is 0 Å². The number of hydrogen-bond acceptors (Lipinski definition) is 5. The van der Waals surface area contributed by atoms with Gasteiger partial charge in [-0.05, 0) is 63.4 Å². The topological polar surface area (TPSA) is 34.2 Å². The van der Waals surface area contributed by atoms with E-state index in [2.05, 4.69) is 21.9 Å². The Labute approximate surface area is 164 Å². The number of piperidine rings is 1. The van der Waals surface area contributed by atoms with Crippen molar-refractivity contribution in [1.29, 1.82) is 0 Å². The van der Waals surface area contributed by atoms with E-state index in [1.54, 1.807) is 7.11 Å². The lowest BCUT2D eigenvalue weighted by molar-refractivity contribution is 0.0374. The van der Waals surface area contributed by atoms with E-state index in [1.165, 1.54) is 37.9 Å². The number of nitrogens with zero attached hydrogens (tertiary/aromatic N) is 2. The molecule has 0 spiro atoms. The molecule has 0 aliphatic carbocycles. The van der Waals surface area contributed by atoms with Crippen LogP contribution in [0.2, 0.25) is 0 Å². The molecule has 2 aliphatic rings. The van der Waals surface area contributed by atoms with Crippen LogP contribution in [0, 0.1) is 0 Å². The second-order valence-corrected chi connectivity index (χ2v) is 7.61. The third-order valence-electron chi connectivity index (χ3n) is 5.62. The molecule has 152 valence electrons. The number of morpholine rings is 1. The molecule has 3 rings (SSSR count). The summed E-state index contributed by atoms with van der Waals surface area (Å²) < 4.78 is 17.2. The summed E-state index contributed by atoms with van der Waals surface area (Å²) in [6.07, 6.45) is 7.32. The predicted octanol–water partition coefficient (Wildman–Crippen LogP) is 3.21. The Morgan fingerprint density at radius 3 is 2.44 bits per heavy atom. The van der Waals surface area contributed by atoms with E-state index in [9.17, 15) is 0 Å². The first-order valence-corrected chi connectivity index (χ1v) is 10.7. The maximum atomic E-state index is 6.21. The van der Waals surface area contributed by atoms with Gasteiger partial charge in [-0.2, -0.15) is 0 Å². The second-order valence-electron chi connectivity index (χ2n) is 7.61. The van der Waals surface area contributed by atoms with Crippen LogP contribution in [-0.4, -0.2) is 76.0 Å². The molecule has 2 heterocycles. The van der Waals surface area contributed by atoms with Crippen molar-refractivity contribution in [3.05, 3.63) is 23.8 Å². The van der Waals surface area contributed by atoms with Crippen molar-refractivity contribution in [2.45, 2.75) is 38.5 Å². The highest BCUT2D eigenvalue weighted by Gasteiger charge is 2.14. The minimum Gasteiger partial charge on any atom is -0.493 e. The van der Waals surface area contributed by atoms with Crippen molar-refractivity contribution in [3.63, 3.8) is 0 Å². The first kappa shape index (κ1) is 20.4. The minimum absolute atomic E-state index is 0.757. The molecule has 0 radical (unpaired) electrons. The van der Waals surface area contributed by atoms with Crippen LogP contribution >= 0.6 is 0 Å². The van der Waals surface area contributed by atoms with Gasteiger partial charge in [0, 0.05) is 19.6 Å². The molecule has 27 heavy (non-hydrogen) atoms. The summed E-state index contributed by atoms with van der Waals surface area (Å²) in [4.78, 5) is 5.06. The highest BCUT2D eigenvalue weighted by Crippen LogP contribution is 2.32. The van der Waals surface area contributed by atoms with E-state index in [4.69, 9.17) is 14.2 Å². The highest BCUT2D eigenvalue weighted by atomic mass is 16.5. The molecule has 0 unspecified atom stereocenters. The first-order valence-electron chi connectivity index (χ1n) is 10.7. The van der Waals surface area contributed by atoms with Gasteiger partial charge in [0.2, 0.25) is 0 Å². The van der Waals surface area contributed by atoms with Gasteiger partial charge in [0.05, 0.1) is 26.9 Å². The van der Waals surface area contributed by atoms with Gasteiger partial charge in [0.25, 0.3) is 0 Å². The van der Waals surface area contributed by atoms with Gasteiger partial charge < -0.3 is 19.1 Å². The Kier molecular flexibility index (Phi) is 8.72. The molecule has 2 saturated heterocycles. The van der Waals surface area contributed by atoms with Crippen molar-refractivity contribution in [2.75, 3.05) is 66.2 Å². The van der Waals surface area contributed by atoms with E-state index < -0.39 is 0 Å². The molecule has 2 fully saturated rings. The Bertz CT molecular complexity index is 540. The smallest absolute Gasteiger partial charge is 0.164 e. The summed E-state index contributed by atoms with van der Waals surface area (Å²) in [5.41, 5.74) is 1.26. The normalized spacial score (nSPS) is 19.1. The minimum atomic E-state index is 0.757. The van der Waals surface area contributed by atoms with E-state index in [0.29, 0.717) is 0 Å². The number of hydrogen-bond donors (Lipinski definition) is 0. The Morgan fingerprint density at radius 1 is 0.926 bits per heavy atom. The average molecular weight is 377 g/mol. The molecular formula is C22H36N2O3. The SMILES string of the molecule is COc1cccc(CCCN2CCOCC2)c1OCCCN1CCCCC1. The maximum absolute atomic E-state index is 6.21. The average Bonchev–Trinajstić information content (AvgIpc) is 2.73. The number of benzene rings is 1. The number of aryl methyl sites for hydroxylation is 1. The number of methoxy groups -OCH3 is 1. The maximum Gasteiger partial charge on any atom is 0.164 e. The predicted molar refractivity (Wildman–Crippen MR) is 109 cm³/mol. The van der Waals surface area contributed by atoms with E-state index in [-0.39, 0.29) is 0 Å². The van der Waals surface area contributed by atoms with Crippen LogP contribution in [0.25, 0.3) is 0 Å². The third-order valence-corrected chi connectivity index (χ3v) is 5.62. The molecule has 1 aromatic carbocycles. The summed E-state index contributed by atoms with van der Waals surface area (Å²) in [7, 11) is 1.73. The first-order chi connectivity index (χ1) is 13.4. The van der Waals surface area contributed by atoms with Crippen LogP contribution in [0.15, 0.2) is 18.2 Å². The summed E-state index contributed by atoms with van der Waals surface area (Å²) >= 11 is 0. The van der Waals surface area contributed by atoms with Crippen LogP contribution in [-0.2, 0) is 11.2 Å². The van der Waals surface area contributed by atoms with Gasteiger partial charge in [0.1, 0.15) is 0 Å². The second kappa shape index (κ2) is 11.5. The van der Waals surface area contributed by atoms with Gasteiger partial charge in [0.15, 0.2) is 11.5 Å². The van der Waals surface area contributed by atoms with Crippen LogP contribution in [0.3, 0.4) is 0 Å². The molecular weight excluding hydrogens is 340 g/mol. The number of likely N-dealkylation sites (tertiary alicyclic amines) is 1. The summed E-state index contributed by atoms with van der Waals surface area (Å²) in [5.74, 6) is 1.80. The van der Waals surface area contributed by atoms with Gasteiger partial charge >= 0.3 is 0 Å². The van der Waals surface area contributed by atoms with Gasteiger partial charge in [-0.25, -0.2) is 0 Å². The monoisotopic (exact) mass is 376 g/mol. The molecule has 0 amide bonds. The molecule has 5 heteroatoms. The third kappa shape index (κ3) is 6.66. The summed E-state index contributed by atoms with van der Waals surface area (Å²) in [5, 5.41) is 0. The van der Waals surface area contributed by atoms with Crippen LogP contribution in [0.5, 0.6) is 11.5 Å². The standard InChI is InChI=1S/C22H36N2O3/c1-25-21-10-5-8-20(9-6-13-24-15-18-26-19-16-24)22(21)27-17-7-14-23-11-3-2-4-12-23/h5,8,10H,2-4,6-7,9,11-19H2,1H3. The number of rotatable bonds is 10. The Morgan fingerprint density at radius 2 is 1.67 bits per heavy atom. The molecule has 2 aliphatic heterocycles. The zero-order valence-electron chi connectivity index (χ0n) is 17.0.